The van der Waals surface area contributed by atoms with E-state index in [2.05, 4.69) is 41.0 Å². The Morgan fingerprint density at radius 1 is 1.20 bits per heavy atom. The molecule has 0 spiro atoms. The number of nitrogens with one attached hydrogen (secondary N) is 1. The minimum absolute atomic E-state index is 0.101. The van der Waals surface area contributed by atoms with Crippen molar-refractivity contribution in [1.29, 1.82) is 0 Å². The van der Waals surface area contributed by atoms with Gasteiger partial charge in [-0.3, -0.25) is 4.98 Å². The molecule has 2 atom stereocenters. The van der Waals surface area contributed by atoms with Crippen LogP contribution in [0.3, 0.4) is 0 Å². The highest BCUT2D eigenvalue weighted by atomic mass is 16.5. The summed E-state index contributed by atoms with van der Waals surface area (Å²) in [5, 5.41) is 3.43. The first kappa shape index (κ1) is 13.8. The SMILES string of the molecule is CC(C)(C)NCc1cnc(N2CC3CCC(C2)O3)cn1. The van der Waals surface area contributed by atoms with Crippen molar-refractivity contribution in [1.82, 2.24) is 15.3 Å². The predicted octanol–water partition coefficient (Wildman–Crippen LogP) is 1.73. The van der Waals surface area contributed by atoms with Gasteiger partial charge in [0, 0.05) is 25.2 Å². The van der Waals surface area contributed by atoms with Gasteiger partial charge in [0.2, 0.25) is 0 Å². The van der Waals surface area contributed by atoms with Crippen molar-refractivity contribution in [3.8, 4) is 0 Å². The molecule has 0 aromatic carbocycles. The van der Waals surface area contributed by atoms with Crippen LogP contribution in [-0.4, -0.2) is 40.8 Å². The summed E-state index contributed by atoms with van der Waals surface area (Å²) in [5.74, 6) is 0.977. The number of nitrogens with zero attached hydrogens (tertiary/aromatic N) is 3. The van der Waals surface area contributed by atoms with Crippen molar-refractivity contribution in [3.05, 3.63) is 18.1 Å². The second-order valence-corrected chi connectivity index (χ2v) is 6.83. The number of morpholine rings is 1. The van der Waals surface area contributed by atoms with E-state index in [9.17, 15) is 0 Å². The Hall–Kier alpha value is -1.20. The maximum Gasteiger partial charge on any atom is 0.147 e. The molecule has 0 saturated carbocycles. The van der Waals surface area contributed by atoms with Crippen LogP contribution >= 0.6 is 0 Å². The standard InChI is InChI=1S/C15H24N4O/c1-15(2,3)18-7-11-6-17-14(8-16-11)19-9-12-4-5-13(10-19)20-12/h6,8,12-13,18H,4-5,7,9-10H2,1-3H3. The summed E-state index contributed by atoms with van der Waals surface area (Å²) in [5.41, 5.74) is 1.09. The van der Waals surface area contributed by atoms with Crippen LogP contribution in [0.25, 0.3) is 0 Å². The fraction of sp³-hybridized carbons (Fsp3) is 0.733. The molecular weight excluding hydrogens is 252 g/mol. The Morgan fingerprint density at radius 3 is 2.45 bits per heavy atom. The molecule has 2 fully saturated rings. The molecule has 5 heteroatoms. The number of fused-ring (bicyclic) bond motifs is 2. The lowest BCUT2D eigenvalue weighted by molar-refractivity contribution is 0.0302. The topological polar surface area (TPSA) is 50.3 Å². The molecule has 2 unspecified atom stereocenters. The van der Waals surface area contributed by atoms with Gasteiger partial charge in [-0.15, -0.1) is 0 Å². The first-order valence-electron chi connectivity index (χ1n) is 7.46. The van der Waals surface area contributed by atoms with E-state index in [4.69, 9.17) is 4.74 Å². The lowest BCUT2D eigenvalue weighted by atomic mass is 10.1. The van der Waals surface area contributed by atoms with Gasteiger partial charge in [0.25, 0.3) is 0 Å². The normalized spacial score (nSPS) is 26.1. The number of ether oxygens (including phenoxy) is 1. The molecule has 0 aliphatic carbocycles. The molecule has 2 bridgehead atoms. The maximum absolute atomic E-state index is 5.85. The summed E-state index contributed by atoms with van der Waals surface area (Å²) in [7, 11) is 0. The van der Waals surface area contributed by atoms with Crippen LogP contribution in [-0.2, 0) is 11.3 Å². The molecule has 110 valence electrons. The Labute approximate surface area is 120 Å². The molecule has 2 aliphatic rings. The van der Waals surface area contributed by atoms with Gasteiger partial charge >= 0.3 is 0 Å². The van der Waals surface area contributed by atoms with Gasteiger partial charge < -0.3 is 15.0 Å². The van der Waals surface area contributed by atoms with Crippen LogP contribution in [0.15, 0.2) is 12.4 Å². The quantitative estimate of drug-likeness (QED) is 0.911. The van der Waals surface area contributed by atoms with E-state index in [1.54, 1.807) is 0 Å². The zero-order valence-electron chi connectivity index (χ0n) is 12.6. The van der Waals surface area contributed by atoms with Crippen molar-refractivity contribution in [3.63, 3.8) is 0 Å². The van der Waals surface area contributed by atoms with Crippen LogP contribution in [0.1, 0.15) is 39.3 Å². The highest BCUT2D eigenvalue weighted by Gasteiger charge is 2.34. The summed E-state index contributed by atoms with van der Waals surface area (Å²) in [6.07, 6.45) is 6.91. The molecule has 2 aliphatic heterocycles. The van der Waals surface area contributed by atoms with Crippen molar-refractivity contribution in [2.45, 2.75) is 57.9 Å². The van der Waals surface area contributed by atoms with Gasteiger partial charge in [-0.2, -0.15) is 0 Å². The minimum Gasteiger partial charge on any atom is -0.371 e. The third-order valence-corrected chi connectivity index (χ3v) is 3.86. The molecule has 1 aromatic rings. The summed E-state index contributed by atoms with van der Waals surface area (Å²) in [4.78, 5) is 11.4. The largest absolute Gasteiger partial charge is 0.371 e. The van der Waals surface area contributed by atoms with E-state index in [-0.39, 0.29) is 5.54 Å². The number of rotatable bonds is 3. The number of aromatic nitrogens is 2. The van der Waals surface area contributed by atoms with Gasteiger partial charge in [0.1, 0.15) is 5.82 Å². The molecule has 3 heterocycles. The van der Waals surface area contributed by atoms with Crippen LogP contribution in [0.4, 0.5) is 5.82 Å². The van der Waals surface area contributed by atoms with Crippen molar-refractivity contribution in [2.24, 2.45) is 0 Å². The monoisotopic (exact) mass is 276 g/mol. The zero-order chi connectivity index (χ0) is 14.2. The minimum atomic E-state index is 0.101. The molecule has 1 aromatic heterocycles. The van der Waals surface area contributed by atoms with Gasteiger partial charge in [-0.1, -0.05) is 0 Å². The molecular formula is C15H24N4O. The lowest BCUT2D eigenvalue weighted by Crippen LogP contribution is -2.43. The number of hydrogen-bond acceptors (Lipinski definition) is 5. The Morgan fingerprint density at radius 2 is 1.90 bits per heavy atom. The highest BCUT2D eigenvalue weighted by molar-refractivity contribution is 5.37. The predicted molar refractivity (Wildman–Crippen MR) is 78.7 cm³/mol. The van der Waals surface area contributed by atoms with E-state index in [0.29, 0.717) is 12.2 Å². The average Bonchev–Trinajstić information content (AvgIpc) is 2.75. The molecule has 0 radical (unpaired) electrons. The van der Waals surface area contributed by atoms with Crippen LogP contribution in [0.2, 0.25) is 0 Å². The Balaban J connectivity index is 1.61. The maximum atomic E-state index is 5.85. The fourth-order valence-electron chi connectivity index (χ4n) is 2.76. The van der Waals surface area contributed by atoms with Crippen LogP contribution in [0, 0.1) is 0 Å². The summed E-state index contributed by atoms with van der Waals surface area (Å²) in [6.45, 7) is 9.11. The second-order valence-electron chi connectivity index (χ2n) is 6.83. The summed E-state index contributed by atoms with van der Waals surface area (Å²) in [6, 6.07) is 0. The number of hydrogen-bond donors (Lipinski definition) is 1. The first-order valence-corrected chi connectivity index (χ1v) is 7.46. The fourth-order valence-corrected chi connectivity index (χ4v) is 2.76. The molecule has 20 heavy (non-hydrogen) atoms. The van der Waals surface area contributed by atoms with E-state index in [1.165, 1.54) is 12.8 Å². The van der Waals surface area contributed by atoms with Crippen LogP contribution < -0.4 is 10.2 Å². The smallest absolute Gasteiger partial charge is 0.147 e. The third kappa shape index (κ3) is 3.27. The lowest BCUT2D eigenvalue weighted by Gasteiger charge is -2.32. The Kier molecular flexibility index (Phi) is 3.65. The molecule has 5 nitrogen and oxygen atoms in total. The molecule has 2 saturated heterocycles. The summed E-state index contributed by atoms with van der Waals surface area (Å²) >= 11 is 0. The van der Waals surface area contributed by atoms with E-state index in [0.717, 1.165) is 31.1 Å². The summed E-state index contributed by atoms with van der Waals surface area (Å²) < 4.78 is 5.85. The van der Waals surface area contributed by atoms with E-state index >= 15 is 0 Å². The van der Waals surface area contributed by atoms with Crippen molar-refractivity contribution >= 4 is 5.82 Å². The van der Waals surface area contributed by atoms with E-state index < -0.39 is 0 Å². The third-order valence-electron chi connectivity index (χ3n) is 3.86. The molecule has 3 rings (SSSR count). The van der Waals surface area contributed by atoms with E-state index in [1.807, 2.05) is 12.4 Å². The molecule has 1 N–H and O–H groups in total. The Bertz CT molecular complexity index is 442. The number of anilines is 1. The second kappa shape index (κ2) is 5.30. The highest BCUT2D eigenvalue weighted by Crippen LogP contribution is 2.28. The zero-order valence-corrected chi connectivity index (χ0v) is 12.6. The van der Waals surface area contributed by atoms with Crippen LogP contribution in [0.5, 0.6) is 0 Å². The first-order chi connectivity index (χ1) is 9.49. The van der Waals surface area contributed by atoms with Crippen molar-refractivity contribution in [2.75, 3.05) is 18.0 Å². The van der Waals surface area contributed by atoms with Gasteiger partial charge in [-0.05, 0) is 33.6 Å². The molecule has 0 amide bonds. The average molecular weight is 276 g/mol. The van der Waals surface area contributed by atoms with Gasteiger partial charge in [0.15, 0.2) is 0 Å². The van der Waals surface area contributed by atoms with Gasteiger partial charge in [-0.25, -0.2) is 4.98 Å². The van der Waals surface area contributed by atoms with Gasteiger partial charge in [0.05, 0.1) is 30.3 Å². The van der Waals surface area contributed by atoms with Crippen molar-refractivity contribution < 1.29 is 4.74 Å².